The van der Waals surface area contributed by atoms with Crippen LogP contribution in [0.2, 0.25) is 5.02 Å². The molecular formula is C16H12BrClO4. The zero-order valence-electron chi connectivity index (χ0n) is 11.5. The first-order valence-corrected chi connectivity index (χ1v) is 7.75. The van der Waals surface area contributed by atoms with Crippen molar-refractivity contribution in [1.29, 1.82) is 0 Å². The average Bonchev–Trinajstić information content (AvgIpc) is 2.52. The molecule has 22 heavy (non-hydrogen) atoms. The molecule has 1 aliphatic rings. The molecule has 4 nitrogen and oxygen atoms in total. The fraction of sp³-hybridized carbons (Fsp3) is 0.188. The molecule has 0 unspecified atom stereocenters. The molecular weight excluding hydrogens is 372 g/mol. The average molecular weight is 384 g/mol. The number of esters is 1. The Labute approximate surface area is 141 Å². The Bertz CT molecular complexity index is 700. The van der Waals surface area contributed by atoms with Gasteiger partial charge < -0.3 is 14.2 Å². The van der Waals surface area contributed by atoms with Crippen LogP contribution in [0.5, 0.6) is 5.75 Å². The van der Waals surface area contributed by atoms with E-state index in [0.717, 1.165) is 15.6 Å². The normalized spacial score (nSPS) is 13.2. The van der Waals surface area contributed by atoms with E-state index in [0.29, 0.717) is 22.9 Å². The lowest BCUT2D eigenvalue weighted by Crippen LogP contribution is -2.14. The van der Waals surface area contributed by atoms with Gasteiger partial charge in [0.1, 0.15) is 12.4 Å². The highest BCUT2D eigenvalue weighted by Crippen LogP contribution is 2.32. The van der Waals surface area contributed by atoms with Crippen LogP contribution in [0.4, 0.5) is 0 Å². The molecule has 0 amide bonds. The van der Waals surface area contributed by atoms with Crippen molar-refractivity contribution in [2.45, 2.75) is 13.2 Å². The minimum Gasteiger partial charge on any atom is -0.467 e. The Kier molecular flexibility index (Phi) is 4.66. The van der Waals surface area contributed by atoms with Crippen molar-refractivity contribution in [3.63, 3.8) is 0 Å². The zero-order chi connectivity index (χ0) is 15.5. The molecule has 0 spiro atoms. The first kappa shape index (κ1) is 15.3. The third-order valence-corrected chi connectivity index (χ3v) is 3.94. The maximum Gasteiger partial charge on any atom is 0.338 e. The van der Waals surface area contributed by atoms with Gasteiger partial charge in [-0.25, -0.2) is 4.79 Å². The predicted molar refractivity (Wildman–Crippen MR) is 85.0 cm³/mol. The Hall–Kier alpha value is -1.56. The Morgan fingerprint density at radius 3 is 2.82 bits per heavy atom. The molecule has 2 aromatic rings. The molecule has 1 heterocycles. The highest BCUT2D eigenvalue weighted by Gasteiger charge is 2.18. The summed E-state index contributed by atoms with van der Waals surface area (Å²) >= 11 is 9.40. The summed E-state index contributed by atoms with van der Waals surface area (Å²) in [6, 6.07) is 10.5. The third-order valence-electron chi connectivity index (χ3n) is 3.19. The fourth-order valence-corrected chi connectivity index (χ4v) is 2.70. The smallest absolute Gasteiger partial charge is 0.338 e. The Morgan fingerprint density at radius 1 is 1.27 bits per heavy atom. The second-order valence-corrected chi connectivity index (χ2v) is 6.10. The van der Waals surface area contributed by atoms with E-state index in [-0.39, 0.29) is 13.4 Å². The van der Waals surface area contributed by atoms with Crippen LogP contribution >= 0.6 is 27.5 Å². The number of fused-ring (bicyclic) bond motifs is 1. The van der Waals surface area contributed by atoms with Gasteiger partial charge >= 0.3 is 5.97 Å². The molecule has 114 valence electrons. The molecule has 0 fully saturated rings. The van der Waals surface area contributed by atoms with E-state index in [1.807, 2.05) is 0 Å². The molecule has 1 aliphatic heterocycles. The van der Waals surface area contributed by atoms with Crippen LogP contribution in [0.25, 0.3) is 0 Å². The van der Waals surface area contributed by atoms with Crippen LogP contribution in [0.15, 0.2) is 40.9 Å². The van der Waals surface area contributed by atoms with Crippen molar-refractivity contribution in [3.05, 3.63) is 62.6 Å². The van der Waals surface area contributed by atoms with Crippen molar-refractivity contribution in [3.8, 4) is 5.75 Å². The minimum absolute atomic E-state index is 0.0950. The van der Waals surface area contributed by atoms with Crippen molar-refractivity contribution in [2.24, 2.45) is 0 Å². The lowest BCUT2D eigenvalue weighted by atomic mass is 10.1. The van der Waals surface area contributed by atoms with Gasteiger partial charge in [0.15, 0.2) is 6.79 Å². The summed E-state index contributed by atoms with van der Waals surface area (Å²) in [7, 11) is 0. The summed E-state index contributed by atoms with van der Waals surface area (Å²) in [6.45, 7) is 0.712. The fourth-order valence-electron chi connectivity index (χ4n) is 2.18. The monoisotopic (exact) mass is 382 g/mol. The number of rotatable bonds is 3. The number of carbonyl (C=O) groups excluding carboxylic acids is 1. The third kappa shape index (κ3) is 3.43. The largest absolute Gasteiger partial charge is 0.467 e. The molecule has 0 bridgehead atoms. The van der Waals surface area contributed by atoms with Gasteiger partial charge in [0.25, 0.3) is 0 Å². The molecule has 0 radical (unpaired) electrons. The summed E-state index contributed by atoms with van der Waals surface area (Å²) < 4.78 is 16.9. The van der Waals surface area contributed by atoms with Gasteiger partial charge in [0.2, 0.25) is 0 Å². The zero-order valence-corrected chi connectivity index (χ0v) is 13.8. The van der Waals surface area contributed by atoms with E-state index in [4.69, 9.17) is 25.8 Å². The summed E-state index contributed by atoms with van der Waals surface area (Å²) in [5.74, 6) is 0.285. The molecule has 2 aromatic carbocycles. The topological polar surface area (TPSA) is 44.8 Å². The number of benzene rings is 2. The molecule has 0 aromatic heterocycles. The molecule has 0 N–H and O–H groups in total. The summed E-state index contributed by atoms with van der Waals surface area (Å²) in [4.78, 5) is 12.0. The Balaban J connectivity index is 1.75. The molecule has 0 aliphatic carbocycles. The van der Waals surface area contributed by atoms with Crippen LogP contribution in [0.3, 0.4) is 0 Å². The summed E-state index contributed by atoms with van der Waals surface area (Å²) in [5, 5.41) is 0.558. The number of ether oxygens (including phenoxy) is 3. The van der Waals surface area contributed by atoms with Gasteiger partial charge in [-0.3, -0.25) is 0 Å². The quantitative estimate of drug-likeness (QED) is 0.740. The van der Waals surface area contributed by atoms with Crippen LogP contribution < -0.4 is 4.74 Å². The maximum absolute atomic E-state index is 12.0. The Morgan fingerprint density at radius 2 is 2.05 bits per heavy atom. The first-order valence-electron chi connectivity index (χ1n) is 6.58. The van der Waals surface area contributed by atoms with Crippen molar-refractivity contribution in [2.75, 3.05) is 6.79 Å². The van der Waals surface area contributed by atoms with Gasteiger partial charge in [-0.05, 0) is 36.4 Å². The van der Waals surface area contributed by atoms with E-state index < -0.39 is 5.97 Å². The van der Waals surface area contributed by atoms with E-state index in [9.17, 15) is 4.79 Å². The van der Waals surface area contributed by atoms with Gasteiger partial charge in [0, 0.05) is 20.6 Å². The van der Waals surface area contributed by atoms with Crippen molar-refractivity contribution >= 4 is 33.5 Å². The van der Waals surface area contributed by atoms with Crippen molar-refractivity contribution < 1.29 is 19.0 Å². The second kappa shape index (κ2) is 6.69. The lowest BCUT2D eigenvalue weighted by Gasteiger charge is -2.21. The van der Waals surface area contributed by atoms with Crippen LogP contribution in [0, 0.1) is 0 Å². The van der Waals surface area contributed by atoms with Gasteiger partial charge in [-0.1, -0.05) is 27.5 Å². The standard InChI is InChI=1S/C16H12BrClO4/c17-13-3-1-10(2-4-13)16(19)21-8-12-6-14(18)5-11-7-20-9-22-15(11)12/h1-6H,7-9H2. The summed E-state index contributed by atoms with van der Waals surface area (Å²) in [5.41, 5.74) is 2.08. The SMILES string of the molecule is O=C(OCc1cc(Cl)cc2c1OCOC2)c1ccc(Br)cc1. The molecule has 0 atom stereocenters. The first-order chi connectivity index (χ1) is 10.6. The number of hydrogen-bond donors (Lipinski definition) is 0. The summed E-state index contributed by atoms with van der Waals surface area (Å²) in [6.07, 6.45) is 0. The minimum atomic E-state index is -0.395. The van der Waals surface area contributed by atoms with Crippen LogP contribution in [-0.2, 0) is 22.7 Å². The van der Waals surface area contributed by atoms with Crippen LogP contribution in [0.1, 0.15) is 21.5 Å². The van der Waals surface area contributed by atoms with Gasteiger partial charge in [0.05, 0.1) is 12.2 Å². The molecule has 3 rings (SSSR count). The van der Waals surface area contributed by atoms with E-state index in [1.54, 1.807) is 36.4 Å². The molecule has 0 saturated carbocycles. The van der Waals surface area contributed by atoms with E-state index in [2.05, 4.69) is 15.9 Å². The second-order valence-electron chi connectivity index (χ2n) is 4.75. The van der Waals surface area contributed by atoms with Gasteiger partial charge in [-0.15, -0.1) is 0 Å². The van der Waals surface area contributed by atoms with Gasteiger partial charge in [-0.2, -0.15) is 0 Å². The van der Waals surface area contributed by atoms with E-state index in [1.165, 1.54) is 0 Å². The van der Waals surface area contributed by atoms with Crippen molar-refractivity contribution in [1.82, 2.24) is 0 Å². The van der Waals surface area contributed by atoms with E-state index >= 15 is 0 Å². The highest BCUT2D eigenvalue weighted by atomic mass is 79.9. The lowest BCUT2D eigenvalue weighted by molar-refractivity contribution is -0.0180. The highest BCUT2D eigenvalue weighted by molar-refractivity contribution is 9.10. The molecule has 6 heteroatoms. The number of halogens is 2. The maximum atomic E-state index is 12.0. The van der Waals surface area contributed by atoms with Crippen LogP contribution in [-0.4, -0.2) is 12.8 Å². The molecule has 0 saturated heterocycles. The predicted octanol–water partition coefficient (Wildman–Crippen LogP) is 4.33. The number of carbonyl (C=O) groups is 1. The number of hydrogen-bond acceptors (Lipinski definition) is 4.